The zero-order chi connectivity index (χ0) is 20.9. The summed E-state index contributed by atoms with van der Waals surface area (Å²) in [6.07, 6.45) is 0. The van der Waals surface area contributed by atoms with Crippen LogP contribution in [0.15, 0.2) is 91.0 Å². The monoisotopic (exact) mass is 582 g/mol. The van der Waals surface area contributed by atoms with Crippen LogP contribution in [-0.2, 0) is 16.0 Å². The van der Waals surface area contributed by atoms with E-state index < -0.39 is 0 Å². The minimum absolute atomic E-state index is 0.873. The number of hydrogen-bond acceptors (Lipinski definition) is 0. The summed E-state index contributed by atoms with van der Waals surface area (Å²) in [7, 11) is 0. The Morgan fingerprint density at radius 1 is 0.333 bits per heavy atom. The van der Waals surface area contributed by atoms with E-state index in [0.29, 0.717) is 0 Å². The molecule has 0 nitrogen and oxygen atoms in total. The van der Waals surface area contributed by atoms with Gasteiger partial charge in [-0.1, -0.05) is 121 Å². The average molecular weight is 585 g/mol. The molecular formula is C27H21Br3. The van der Waals surface area contributed by atoms with E-state index in [-0.39, 0.29) is 0 Å². The first-order chi connectivity index (χ1) is 14.7. The first kappa shape index (κ1) is 21.5. The summed E-state index contributed by atoms with van der Waals surface area (Å²) >= 11 is 10.6. The molecule has 0 unspecified atom stereocenters. The van der Waals surface area contributed by atoms with Crippen molar-refractivity contribution in [3.05, 3.63) is 108 Å². The van der Waals surface area contributed by atoms with Crippen LogP contribution in [0.25, 0.3) is 33.4 Å². The van der Waals surface area contributed by atoms with Crippen LogP contribution in [0.1, 0.15) is 16.7 Å². The number of alkyl halides is 3. The van der Waals surface area contributed by atoms with Gasteiger partial charge < -0.3 is 0 Å². The Hall–Kier alpha value is -1.68. The minimum Gasteiger partial charge on any atom is -0.0876 e. The van der Waals surface area contributed by atoms with Gasteiger partial charge in [0.2, 0.25) is 0 Å². The Labute approximate surface area is 203 Å². The molecule has 0 fully saturated rings. The minimum atomic E-state index is 0.873. The van der Waals surface area contributed by atoms with Gasteiger partial charge in [-0.25, -0.2) is 0 Å². The van der Waals surface area contributed by atoms with E-state index in [1.807, 2.05) is 0 Å². The summed E-state index contributed by atoms with van der Waals surface area (Å²) in [5.41, 5.74) is 11.3. The molecule has 150 valence electrons. The average Bonchev–Trinajstić information content (AvgIpc) is 2.84. The van der Waals surface area contributed by atoms with Gasteiger partial charge in [0.05, 0.1) is 0 Å². The Kier molecular flexibility index (Phi) is 7.24. The fraction of sp³-hybridized carbons (Fsp3) is 0.111. The van der Waals surface area contributed by atoms with Crippen LogP contribution in [0.5, 0.6) is 0 Å². The van der Waals surface area contributed by atoms with Gasteiger partial charge >= 0.3 is 0 Å². The van der Waals surface area contributed by atoms with Crippen molar-refractivity contribution in [1.82, 2.24) is 0 Å². The molecule has 0 N–H and O–H groups in total. The molecule has 0 heterocycles. The second kappa shape index (κ2) is 10.1. The molecule has 4 aromatic carbocycles. The van der Waals surface area contributed by atoms with Crippen molar-refractivity contribution in [3.63, 3.8) is 0 Å². The molecule has 0 bridgehead atoms. The zero-order valence-electron chi connectivity index (χ0n) is 16.4. The van der Waals surface area contributed by atoms with Crippen LogP contribution in [0, 0.1) is 0 Å². The summed E-state index contributed by atoms with van der Waals surface area (Å²) in [6, 6.07) is 33.3. The molecule has 0 atom stereocenters. The normalized spacial score (nSPS) is 10.9. The third-order valence-corrected chi connectivity index (χ3v) is 7.20. The van der Waals surface area contributed by atoms with Crippen molar-refractivity contribution in [2.75, 3.05) is 0 Å². The molecule has 4 aromatic rings. The molecule has 30 heavy (non-hydrogen) atoms. The van der Waals surface area contributed by atoms with Gasteiger partial charge in [-0.15, -0.1) is 0 Å². The molecule has 0 spiro atoms. The zero-order valence-corrected chi connectivity index (χ0v) is 21.2. The second-order valence-electron chi connectivity index (χ2n) is 7.29. The Bertz CT molecular complexity index is 954. The van der Waals surface area contributed by atoms with Crippen LogP contribution in [-0.4, -0.2) is 0 Å². The first-order valence-corrected chi connectivity index (χ1v) is 13.2. The molecule has 0 aliphatic carbocycles. The summed E-state index contributed by atoms with van der Waals surface area (Å²) < 4.78 is 0. The fourth-order valence-corrected chi connectivity index (χ4v) is 4.61. The third kappa shape index (κ3) is 4.96. The van der Waals surface area contributed by atoms with Gasteiger partial charge in [0.25, 0.3) is 0 Å². The van der Waals surface area contributed by atoms with E-state index in [2.05, 4.69) is 139 Å². The summed E-state index contributed by atoms with van der Waals surface area (Å²) in [4.78, 5) is 0. The molecule has 3 heteroatoms. The van der Waals surface area contributed by atoms with Gasteiger partial charge in [0, 0.05) is 16.0 Å². The molecule has 0 saturated carbocycles. The summed E-state index contributed by atoms with van der Waals surface area (Å²) in [6.45, 7) is 0. The number of halogens is 3. The lowest BCUT2D eigenvalue weighted by Gasteiger charge is -2.12. The molecule has 4 rings (SSSR count). The van der Waals surface area contributed by atoms with Crippen LogP contribution in [0.4, 0.5) is 0 Å². The van der Waals surface area contributed by atoms with Crippen molar-refractivity contribution in [2.45, 2.75) is 16.0 Å². The van der Waals surface area contributed by atoms with E-state index in [0.717, 1.165) is 16.0 Å². The van der Waals surface area contributed by atoms with Crippen LogP contribution < -0.4 is 0 Å². The van der Waals surface area contributed by atoms with Gasteiger partial charge in [0.1, 0.15) is 0 Å². The molecule has 0 aliphatic rings. The maximum Gasteiger partial charge on any atom is 0.0283 e. The first-order valence-electron chi connectivity index (χ1n) is 9.81. The Morgan fingerprint density at radius 3 is 0.767 bits per heavy atom. The van der Waals surface area contributed by atoms with Gasteiger partial charge in [-0.05, 0) is 68.3 Å². The lowest BCUT2D eigenvalue weighted by Crippen LogP contribution is -1.88. The molecular weight excluding hydrogens is 564 g/mol. The SMILES string of the molecule is BrCc1ccc(-c2cc(-c3ccc(CBr)cc3)cc(-c3ccc(CBr)cc3)c2)cc1. The van der Waals surface area contributed by atoms with Gasteiger partial charge in [-0.2, -0.15) is 0 Å². The van der Waals surface area contributed by atoms with Crippen molar-refractivity contribution >= 4 is 47.8 Å². The number of hydrogen-bond donors (Lipinski definition) is 0. The van der Waals surface area contributed by atoms with Crippen molar-refractivity contribution in [3.8, 4) is 33.4 Å². The molecule has 0 aliphatic heterocycles. The maximum atomic E-state index is 3.54. The fourth-order valence-electron chi connectivity index (χ4n) is 3.49. The van der Waals surface area contributed by atoms with E-state index in [1.54, 1.807) is 0 Å². The predicted molar refractivity (Wildman–Crippen MR) is 141 cm³/mol. The van der Waals surface area contributed by atoms with Crippen molar-refractivity contribution < 1.29 is 0 Å². The van der Waals surface area contributed by atoms with E-state index in [9.17, 15) is 0 Å². The van der Waals surface area contributed by atoms with Gasteiger partial charge in [0.15, 0.2) is 0 Å². The Morgan fingerprint density at radius 2 is 0.567 bits per heavy atom. The topological polar surface area (TPSA) is 0 Å². The quantitative estimate of drug-likeness (QED) is 0.198. The second-order valence-corrected chi connectivity index (χ2v) is 8.97. The van der Waals surface area contributed by atoms with Crippen molar-refractivity contribution in [2.24, 2.45) is 0 Å². The highest BCUT2D eigenvalue weighted by Crippen LogP contribution is 2.33. The molecule has 0 radical (unpaired) electrons. The molecule has 0 amide bonds. The van der Waals surface area contributed by atoms with E-state index >= 15 is 0 Å². The standard InChI is InChI=1S/C27H21Br3/c28-16-19-1-7-22(8-2-19)25-13-26(23-9-3-20(17-29)4-10-23)15-27(14-25)24-11-5-21(18-30)6-12-24/h1-15H,16-18H2. The van der Waals surface area contributed by atoms with Gasteiger partial charge in [-0.3, -0.25) is 0 Å². The predicted octanol–water partition coefficient (Wildman–Crippen LogP) is 9.37. The summed E-state index contributed by atoms with van der Waals surface area (Å²) in [5.74, 6) is 0. The number of rotatable bonds is 6. The summed E-state index contributed by atoms with van der Waals surface area (Å²) in [5, 5.41) is 2.62. The third-order valence-electron chi connectivity index (χ3n) is 5.26. The molecule has 0 saturated heterocycles. The number of benzene rings is 4. The lowest BCUT2D eigenvalue weighted by molar-refractivity contribution is 1.42. The van der Waals surface area contributed by atoms with Crippen LogP contribution in [0.2, 0.25) is 0 Å². The highest BCUT2D eigenvalue weighted by molar-refractivity contribution is 9.09. The largest absolute Gasteiger partial charge is 0.0876 e. The van der Waals surface area contributed by atoms with E-state index in [4.69, 9.17) is 0 Å². The van der Waals surface area contributed by atoms with Crippen molar-refractivity contribution in [1.29, 1.82) is 0 Å². The van der Waals surface area contributed by atoms with Crippen LogP contribution in [0.3, 0.4) is 0 Å². The van der Waals surface area contributed by atoms with Crippen LogP contribution >= 0.6 is 47.8 Å². The van der Waals surface area contributed by atoms with E-state index in [1.165, 1.54) is 50.1 Å². The maximum absolute atomic E-state index is 3.54. The highest BCUT2D eigenvalue weighted by atomic mass is 79.9. The highest BCUT2D eigenvalue weighted by Gasteiger charge is 2.08. The molecule has 0 aromatic heterocycles. The smallest absolute Gasteiger partial charge is 0.0283 e. The Balaban J connectivity index is 1.83. The lowest BCUT2D eigenvalue weighted by atomic mass is 9.92.